The number of nitrogens with one attached hydrogen (secondary N) is 1. The van der Waals surface area contributed by atoms with Crippen molar-refractivity contribution in [3.8, 4) is 11.4 Å². The van der Waals surface area contributed by atoms with Crippen LogP contribution in [-0.2, 0) is 0 Å². The zero-order valence-corrected chi connectivity index (χ0v) is 15.8. The van der Waals surface area contributed by atoms with Crippen LogP contribution in [0.25, 0.3) is 16.0 Å². The summed E-state index contributed by atoms with van der Waals surface area (Å²) in [6.45, 7) is 4.66. The van der Waals surface area contributed by atoms with Crippen LogP contribution in [0.3, 0.4) is 0 Å². The highest BCUT2D eigenvalue weighted by Gasteiger charge is 2.13. The van der Waals surface area contributed by atoms with E-state index in [-0.39, 0.29) is 5.56 Å². The lowest BCUT2D eigenvalue weighted by molar-refractivity contribution is 0.340. The van der Waals surface area contributed by atoms with Crippen molar-refractivity contribution in [2.75, 3.05) is 12.4 Å². The topological polar surface area (TPSA) is 59.9 Å². The SMILES string of the molecule is CCCSc1nc2c(sc(=S)n2-c2ccc(OCC)cc2)c(=O)[nH]1. The zero-order chi connectivity index (χ0) is 17.1. The van der Waals surface area contributed by atoms with Gasteiger partial charge in [0.25, 0.3) is 5.56 Å². The molecule has 0 spiro atoms. The van der Waals surface area contributed by atoms with Crippen LogP contribution in [0.5, 0.6) is 5.75 Å². The van der Waals surface area contributed by atoms with Crippen LogP contribution in [0.2, 0.25) is 0 Å². The van der Waals surface area contributed by atoms with Crippen molar-refractivity contribution in [2.45, 2.75) is 25.4 Å². The minimum Gasteiger partial charge on any atom is -0.494 e. The van der Waals surface area contributed by atoms with Gasteiger partial charge in [0.2, 0.25) is 0 Å². The van der Waals surface area contributed by atoms with Gasteiger partial charge in [-0.25, -0.2) is 4.98 Å². The van der Waals surface area contributed by atoms with Crippen molar-refractivity contribution in [1.29, 1.82) is 0 Å². The number of hydrogen-bond donors (Lipinski definition) is 1. The third kappa shape index (κ3) is 3.40. The molecule has 0 amide bonds. The maximum Gasteiger partial charge on any atom is 0.271 e. The van der Waals surface area contributed by atoms with Gasteiger partial charge in [-0.1, -0.05) is 30.0 Å². The highest BCUT2D eigenvalue weighted by molar-refractivity contribution is 7.99. The first kappa shape index (κ1) is 17.2. The average Bonchev–Trinajstić information content (AvgIpc) is 2.91. The Morgan fingerprint density at radius 2 is 2.08 bits per heavy atom. The quantitative estimate of drug-likeness (QED) is 0.391. The van der Waals surface area contributed by atoms with Crippen molar-refractivity contribution >= 4 is 45.7 Å². The molecule has 0 aliphatic carbocycles. The Morgan fingerprint density at radius 1 is 1.33 bits per heavy atom. The van der Waals surface area contributed by atoms with Crippen LogP contribution in [0.4, 0.5) is 0 Å². The van der Waals surface area contributed by atoms with Gasteiger partial charge in [-0.2, -0.15) is 0 Å². The van der Waals surface area contributed by atoms with E-state index in [1.54, 1.807) is 11.8 Å². The van der Waals surface area contributed by atoms with Gasteiger partial charge in [-0.05, 0) is 49.8 Å². The molecule has 0 aliphatic heterocycles. The summed E-state index contributed by atoms with van der Waals surface area (Å²) in [5.41, 5.74) is 1.34. The second-order valence-electron chi connectivity index (χ2n) is 5.00. The number of aromatic nitrogens is 3. The number of aromatic amines is 1. The Bertz CT molecular complexity index is 957. The monoisotopic (exact) mass is 379 g/mol. The van der Waals surface area contributed by atoms with E-state index in [0.29, 0.717) is 26.1 Å². The summed E-state index contributed by atoms with van der Waals surface area (Å²) in [5, 5.41) is 0.627. The highest BCUT2D eigenvalue weighted by atomic mass is 32.2. The molecule has 0 saturated carbocycles. The predicted molar refractivity (Wildman–Crippen MR) is 103 cm³/mol. The third-order valence-corrected chi connectivity index (χ3v) is 5.71. The molecule has 8 heteroatoms. The largest absolute Gasteiger partial charge is 0.494 e. The van der Waals surface area contributed by atoms with Gasteiger partial charge in [0.05, 0.1) is 6.61 Å². The van der Waals surface area contributed by atoms with Crippen LogP contribution in [0.15, 0.2) is 34.2 Å². The van der Waals surface area contributed by atoms with E-state index in [0.717, 1.165) is 23.6 Å². The molecule has 2 aromatic heterocycles. The van der Waals surface area contributed by atoms with Crippen molar-refractivity contribution in [3.63, 3.8) is 0 Å². The lowest BCUT2D eigenvalue weighted by Crippen LogP contribution is -2.09. The number of thiazole rings is 1. The standard InChI is InChI=1S/C16H17N3O2S3/c1-3-9-23-15-17-13-12(14(20)18-15)24-16(22)19(13)10-5-7-11(8-6-10)21-4-2/h5-8H,3-4,9H2,1-2H3,(H,17,18,20). The molecule has 3 aromatic rings. The van der Waals surface area contributed by atoms with E-state index in [2.05, 4.69) is 16.9 Å². The number of benzene rings is 1. The normalized spacial score (nSPS) is 11.1. The highest BCUT2D eigenvalue weighted by Crippen LogP contribution is 2.25. The van der Waals surface area contributed by atoms with E-state index in [1.807, 2.05) is 35.8 Å². The molecule has 0 bridgehead atoms. The van der Waals surface area contributed by atoms with E-state index in [4.69, 9.17) is 17.0 Å². The molecule has 0 radical (unpaired) electrons. The summed E-state index contributed by atoms with van der Waals surface area (Å²) in [4.78, 5) is 19.8. The fourth-order valence-electron chi connectivity index (χ4n) is 2.25. The lowest BCUT2D eigenvalue weighted by atomic mass is 10.3. The number of fused-ring (bicyclic) bond motifs is 1. The summed E-state index contributed by atoms with van der Waals surface area (Å²) >= 11 is 8.28. The Labute approximate surface area is 152 Å². The first-order valence-electron chi connectivity index (χ1n) is 7.66. The van der Waals surface area contributed by atoms with Crippen LogP contribution in [-0.4, -0.2) is 26.9 Å². The van der Waals surface area contributed by atoms with Crippen molar-refractivity contribution in [1.82, 2.24) is 14.5 Å². The fourth-order valence-corrected chi connectivity index (χ4v) is 4.23. The predicted octanol–water partition coefficient (Wildman–Crippen LogP) is 4.41. The number of hydrogen-bond acceptors (Lipinski definition) is 6. The van der Waals surface area contributed by atoms with Crippen molar-refractivity contribution in [2.24, 2.45) is 0 Å². The van der Waals surface area contributed by atoms with Gasteiger partial charge in [0.15, 0.2) is 14.8 Å². The van der Waals surface area contributed by atoms with E-state index in [1.165, 1.54) is 11.3 Å². The molecule has 2 heterocycles. The number of rotatable bonds is 6. The lowest BCUT2D eigenvalue weighted by Gasteiger charge is -2.07. The van der Waals surface area contributed by atoms with E-state index >= 15 is 0 Å². The van der Waals surface area contributed by atoms with Gasteiger partial charge in [0.1, 0.15) is 10.4 Å². The van der Waals surface area contributed by atoms with Crippen LogP contribution >= 0.6 is 35.3 Å². The van der Waals surface area contributed by atoms with Crippen LogP contribution in [0.1, 0.15) is 20.3 Å². The molecular weight excluding hydrogens is 362 g/mol. The number of nitrogens with zero attached hydrogens (tertiary/aromatic N) is 2. The molecule has 0 unspecified atom stereocenters. The Morgan fingerprint density at radius 3 is 2.75 bits per heavy atom. The molecule has 1 N–H and O–H groups in total. The molecule has 0 aliphatic rings. The summed E-state index contributed by atoms with van der Waals surface area (Å²) in [5.74, 6) is 1.71. The molecule has 126 valence electrons. The zero-order valence-electron chi connectivity index (χ0n) is 13.4. The average molecular weight is 380 g/mol. The van der Waals surface area contributed by atoms with Gasteiger partial charge in [-0.3, -0.25) is 9.36 Å². The van der Waals surface area contributed by atoms with Crippen LogP contribution < -0.4 is 10.3 Å². The van der Waals surface area contributed by atoms with Gasteiger partial charge >= 0.3 is 0 Å². The maximum absolute atomic E-state index is 12.3. The van der Waals surface area contributed by atoms with Crippen LogP contribution in [0, 0.1) is 3.95 Å². The smallest absolute Gasteiger partial charge is 0.271 e. The summed E-state index contributed by atoms with van der Waals surface area (Å²) in [6, 6.07) is 7.64. The van der Waals surface area contributed by atoms with E-state index < -0.39 is 0 Å². The molecule has 24 heavy (non-hydrogen) atoms. The third-order valence-electron chi connectivity index (χ3n) is 3.27. The fraction of sp³-hybridized carbons (Fsp3) is 0.312. The summed E-state index contributed by atoms with van der Waals surface area (Å²) in [7, 11) is 0. The van der Waals surface area contributed by atoms with Crippen molar-refractivity contribution in [3.05, 3.63) is 38.6 Å². The van der Waals surface area contributed by atoms with E-state index in [9.17, 15) is 4.79 Å². The number of H-pyrrole nitrogens is 1. The Kier molecular flexibility index (Phi) is 5.37. The van der Waals surface area contributed by atoms with Gasteiger partial charge < -0.3 is 9.72 Å². The first-order chi connectivity index (χ1) is 11.6. The molecular formula is C16H17N3O2S3. The number of thioether (sulfide) groups is 1. The minimum atomic E-state index is -0.139. The molecule has 1 aromatic carbocycles. The Balaban J connectivity index is 2.12. The number of ether oxygens (including phenoxy) is 1. The molecule has 0 atom stereocenters. The molecule has 3 rings (SSSR count). The summed E-state index contributed by atoms with van der Waals surface area (Å²) in [6.07, 6.45) is 1.02. The molecule has 0 fully saturated rings. The van der Waals surface area contributed by atoms with Gasteiger partial charge in [0, 0.05) is 11.4 Å². The molecule has 5 nitrogen and oxygen atoms in total. The van der Waals surface area contributed by atoms with Gasteiger partial charge in [-0.15, -0.1) is 0 Å². The second kappa shape index (κ2) is 7.50. The first-order valence-corrected chi connectivity index (χ1v) is 9.87. The second-order valence-corrected chi connectivity index (χ2v) is 7.73. The van der Waals surface area contributed by atoms with Crippen molar-refractivity contribution < 1.29 is 4.74 Å². The Hall–Kier alpha value is -1.64. The molecule has 0 saturated heterocycles. The minimum absolute atomic E-state index is 0.139. The summed E-state index contributed by atoms with van der Waals surface area (Å²) < 4.78 is 8.47. The maximum atomic E-state index is 12.3.